The van der Waals surface area contributed by atoms with E-state index >= 15 is 0 Å². The summed E-state index contributed by atoms with van der Waals surface area (Å²) in [5.74, 6) is 0.212. The predicted octanol–water partition coefficient (Wildman–Crippen LogP) is 4.51. The molecule has 0 atom stereocenters. The van der Waals surface area contributed by atoms with Gasteiger partial charge in [-0.05, 0) is 62.3 Å². The number of hydrogen-bond donors (Lipinski definition) is 3. The average molecular weight is 454 g/mol. The lowest BCUT2D eigenvalue weighted by molar-refractivity contribution is -0.117. The number of carbonyl (C=O) groups is 1. The molecule has 3 N–H and O–H groups in total. The van der Waals surface area contributed by atoms with E-state index in [1.54, 1.807) is 18.6 Å². The van der Waals surface area contributed by atoms with Crippen LogP contribution < -0.4 is 10.6 Å². The molecule has 5 rings (SSSR count). The van der Waals surface area contributed by atoms with Crippen LogP contribution in [0.25, 0.3) is 27.7 Å². The summed E-state index contributed by atoms with van der Waals surface area (Å²) in [7, 11) is 4.05. The third-order valence-corrected chi connectivity index (χ3v) is 5.72. The van der Waals surface area contributed by atoms with E-state index in [-0.39, 0.29) is 11.8 Å². The van der Waals surface area contributed by atoms with Crippen molar-refractivity contribution >= 4 is 33.9 Å². The molecule has 3 heterocycles. The number of pyridine rings is 2. The highest BCUT2D eigenvalue weighted by molar-refractivity contribution is 5.96. The molecule has 1 aliphatic rings. The van der Waals surface area contributed by atoms with E-state index in [0.717, 1.165) is 58.4 Å². The molecule has 172 valence electrons. The second-order valence-electron chi connectivity index (χ2n) is 8.98. The quantitative estimate of drug-likeness (QED) is 0.363. The van der Waals surface area contributed by atoms with Gasteiger partial charge in [-0.1, -0.05) is 12.6 Å². The van der Waals surface area contributed by atoms with E-state index < -0.39 is 0 Å². The molecular weight excluding hydrogens is 426 g/mol. The Kier molecular flexibility index (Phi) is 5.81. The number of hydrogen-bond acceptors (Lipinski definition) is 6. The van der Waals surface area contributed by atoms with Crippen LogP contribution in [0.15, 0.2) is 61.7 Å². The molecule has 8 nitrogen and oxygen atoms in total. The van der Waals surface area contributed by atoms with Crippen molar-refractivity contribution in [3.8, 4) is 11.1 Å². The summed E-state index contributed by atoms with van der Waals surface area (Å²) in [5, 5.41) is 14.8. The van der Waals surface area contributed by atoms with Gasteiger partial charge < -0.3 is 15.5 Å². The monoisotopic (exact) mass is 453 g/mol. The van der Waals surface area contributed by atoms with E-state index in [2.05, 4.69) is 54.4 Å². The maximum atomic E-state index is 12.1. The van der Waals surface area contributed by atoms with Crippen molar-refractivity contribution in [1.82, 2.24) is 25.1 Å². The van der Waals surface area contributed by atoms with Crippen LogP contribution >= 0.6 is 0 Å². The van der Waals surface area contributed by atoms with Crippen molar-refractivity contribution in [2.45, 2.75) is 19.4 Å². The summed E-state index contributed by atoms with van der Waals surface area (Å²) in [6.45, 7) is 5.02. The fraction of sp³-hybridized carbons (Fsp3) is 0.231. The van der Waals surface area contributed by atoms with Gasteiger partial charge in [0.25, 0.3) is 0 Å². The molecule has 0 bridgehead atoms. The molecule has 0 radical (unpaired) electrons. The van der Waals surface area contributed by atoms with Gasteiger partial charge in [0, 0.05) is 35.8 Å². The molecule has 34 heavy (non-hydrogen) atoms. The second-order valence-corrected chi connectivity index (χ2v) is 8.98. The summed E-state index contributed by atoms with van der Waals surface area (Å²) >= 11 is 0. The van der Waals surface area contributed by atoms with Gasteiger partial charge in [-0.25, -0.2) is 0 Å². The minimum absolute atomic E-state index is 0.0676. The maximum Gasteiger partial charge on any atom is 0.227 e. The topological polar surface area (TPSA) is 98.8 Å². The van der Waals surface area contributed by atoms with Gasteiger partial charge in [-0.2, -0.15) is 5.10 Å². The Bertz CT molecular complexity index is 1370. The van der Waals surface area contributed by atoms with Crippen LogP contribution in [0, 0.1) is 5.92 Å². The normalized spacial score (nSPS) is 13.3. The molecule has 1 amide bonds. The van der Waals surface area contributed by atoms with Crippen molar-refractivity contribution in [3.05, 3.63) is 73.0 Å². The minimum Gasteiger partial charge on any atom is -0.353 e. The number of amides is 1. The van der Waals surface area contributed by atoms with Crippen LogP contribution in [0.3, 0.4) is 0 Å². The van der Waals surface area contributed by atoms with Gasteiger partial charge in [0.1, 0.15) is 5.69 Å². The first-order chi connectivity index (χ1) is 16.5. The number of fused-ring (bicyclic) bond motifs is 1. The SMILES string of the molecule is C=C(Nc1cncc(CN(C)C)c1)c1n[nH]c2ccc(-c3cncc(NC(=O)C4CC4)c3)cc12. The van der Waals surface area contributed by atoms with Crippen molar-refractivity contribution in [3.63, 3.8) is 0 Å². The maximum absolute atomic E-state index is 12.1. The molecule has 8 heteroatoms. The lowest BCUT2D eigenvalue weighted by Gasteiger charge is -2.12. The van der Waals surface area contributed by atoms with Crippen LogP contribution in [-0.4, -0.2) is 45.1 Å². The number of anilines is 2. The molecule has 0 aliphatic heterocycles. The third kappa shape index (κ3) is 4.82. The standard InChI is InChI=1S/C26H27N7O/c1-16(29-21-8-17(11-27-13-21)15-33(2)3)25-23-10-19(6-7-24(23)31-32-25)20-9-22(14-28-12-20)30-26(34)18-4-5-18/h6-14,18,29H,1,4-5,15H2,2-3H3,(H,30,34)(H,31,32). The number of H-pyrrole nitrogens is 1. The van der Waals surface area contributed by atoms with Gasteiger partial charge in [-0.3, -0.25) is 19.9 Å². The van der Waals surface area contributed by atoms with Crippen LogP contribution in [0.5, 0.6) is 0 Å². The highest BCUT2D eigenvalue weighted by atomic mass is 16.2. The zero-order valence-corrected chi connectivity index (χ0v) is 19.3. The van der Waals surface area contributed by atoms with Gasteiger partial charge >= 0.3 is 0 Å². The summed E-state index contributed by atoms with van der Waals surface area (Å²) in [6.07, 6.45) is 9.04. The van der Waals surface area contributed by atoms with E-state index in [1.165, 1.54) is 0 Å². The zero-order chi connectivity index (χ0) is 23.7. The Morgan fingerprint density at radius 1 is 1.03 bits per heavy atom. The summed E-state index contributed by atoms with van der Waals surface area (Å²) in [6, 6.07) is 10.1. The highest BCUT2D eigenvalue weighted by Gasteiger charge is 2.29. The van der Waals surface area contributed by atoms with Gasteiger partial charge in [0.05, 0.1) is 35.0 Å². The Balaban J connectivity index is 1.39. The first-order valence-corrected chi connectivity index (χ1v) is 11.3. The number of carbonyl (C=O) groups excluding carboxylic acids is 1. The Morgan fingerprint density at radius 3 is 2.56 bits per heavy atom. The summed E-state index contributed by atoms with van der Waals surface area (Å²) in [4.78, 5) is 22.9. The van der Waals surface area contributed by atoms with E-state index in [4.69, 9.17) is 0 Å². The van der Waals surface area contributed by atoms with Crippen molar-refractivity contribution in [2.24, 2.45) is 5.92 Å². The second kappa shape index (κ2) is 9.07. The molecule has 4 aromatic rings. The molecule has 1 aliphatic carbocycles. The van der Waals surface area contributed by atoms with Crippen LogP contribution in [0.2, 0.25) is 0 Å². The van der Waals surface area contributed by atoms with E-state index in [1.807, 2.05) is 38.5 Å². The van der Waals surface area contributed by atoms with Gasteiger partial charge in [0.15, 0.2) is 0 Å². The molecule has 0 unspecified atom stereocenters. The number of rotatable bonds is 8. The number of aromatic amines is 1. The first-order valence-electron chi connectivity index (χ1n) is 11.3. The van der Waals surface area contributed by atoms with E-state index in [0.29, 0.717) is 11.4 Å². The van der Waals surface area contributed by atoms with Crippen LogP contribution in [-0.2, 0) is 11.3 Å². The average Bonchev–Trinajstić information content (AvgIpc) is 3.58. The number of benzene rings is 1. The van der Waals surface area contributed by atoms with Crippen molar-refractivity contribution < 1.29 is 4.79 Å². The Hall–Kier alpha value is -4.04. The number of nitrogens with zero attached hydrogens (tertiary/aromatic N) is 4. The smallest absolute Gasteiger partial charge is 0.227 e. The van der Waals surface area contributed by atoms with Gasteiger partial charge in [-0.15, -0.1) is 0 Å². The summed E-state index contributed by atoms with van der Waals surface area (Å²) < 4.78 is 0. The summed E-state index contributed by atoms with van der Waals surface area (Å²) in [5.41, 5.74) is 6.90. The lowest BCUT2D eigenvalue weighted by Crippen LogP contribution is -2.13. The molecule has 1 fully saturated rings. The molecule has 1 saturated carbocycles. The number of aromatic nitrogens is 4. The largest absolute Gasteiger partial charge is 0.353 e. The molecule has 0 saturated heterocycles. The van der Waals surface area contributed by atoms with Gasteiger partial charge in [0.2, 0.25) is 5.91 Å². The number of nitrogens with one attached hydrogen (secondary N) is 3. The highest BCUT2D eigenvalue weighted by Crippen LogP contribution is 2.32. The Morgan fingerprint density at radius 2 is 1.79 bits per heavy atom. The fourth-order valence-electron chi connectivity index (χ4n) is 3.92. The van der Waals surface area contributed by atoms with E-state index in [9.17, 15) is 4.79 Å². The van der Waals surface area contributed by atoms with Crippen LogP contribution in [0.1, 0.15) is 24.1 Å². The first kappa shape index (κ1) is 21.8. The minimum atomic E-state index is 0.0676. The zero-order valence-electron chi connectivity index (χ0n) is 19.3. The molecule has 3 aromatic heterocycles. The molecule has 0 spiro atoms. The predicted molar refractivity (Wildman–Crippen MR) is 135 cm³/mol. The Labute approximate surface area is 198 Å². The molecular formula is C26H27N7O. The lowest BCUT2D eigenvalue weighted by atomic mass is 10.0. The fourth-order valence-corrected chi connectivity index (χ4v) is 3.92. The van der Waals surface area contributed by atoms with Crippen LogP contribution in [0.4, 0.5) is 11.4 Å². The van der Waals surface area contributed by atoms with Crippen molar-refractivity contribution in [1.29, 1.82) is 0 Å². The van der Waals surface area contributed by atoms with Crippen molar-refractivity contribution in [2.75, 3.05) is 24.7 Å². The third-order valence-electron chi connectivity index (χ3n) is 5.72. The molecule has 1 aromatic carbocycles.